The van der Waals surface area contributed by atoms with E-state index in [0.29, 0.717) is 11.7 Å². The van der Waals surface area contributed by atoms with Crippen molar-refractivity contribution in [1.82, 2.24) is 9.80 Å². The highest BCUT2D eigenvalue weighted by Gasteiger charge is 2.23. The number of nitrogens with two attached hydrogens (primary N) is 1. The number of rotatable bonds is 5. The minimum absolute atomic E-state index is 0.00561. The van der Waals surface area contributed by atoms with E-state index in [1.165, 1.54) is 6.07 Å². The molecule has 2 rings (SSSR count). The first kappa shape index (κ1) is 15.7. The molecule has 0 bridgehead atoms. The van der Waals surface area contributed by atoms with E-state index in [4.69, 9.17) is 5.84 Å². The molecule has 1 fully saturated rings. The number of likely N-dealkylation sites (N-methyl/N-ethyl adjacent to an activating group) is 1. The molecule has 116 valence electrons. The first-order chi connectivity index (χ1) is 10.0. The highest BCUT2D eigenvalue weighted by atomic mass is 16.6. The number of hydrogen-bond donors (Lipinski definition) is 2. The van der Waals surface area contributed by atoms with E-state index in [1.54, 1.807) is 12.1 Å². The topological polar surface area (TPSA) is 87.7 Å². The highest BCUT2D eigenvalue weighted by molar-refractivity contribution is 5.62. The van der Waals surface area contributed by atoms with Gasteiger partial charge in [-0.05, 0) is 25.1 Å². The van der Waals surface area contributed by atoms with Gasteiger partial charge in [0, 0.05) is 38.3 Å². The summed E-state index contributed by atoms with van der Waals surface area (Å²) in [6.45, 7) is 6.07. The summed E-state index contributed by atoms with van der Waals surface area (Å²) in [6.07, 6.45) is 1.13. The van der Waals surface area contributed by atoms with Gasteiger partial charge in [0.2, 0.25) is 0 Å². The maximum atomic E-state index is 10.9. The fourth-order valence-corrected chi connectivity index (χ4v) is 2.81. The maximum absolute atomic E-state index is 10.9. The fraction of sp³-hybridized carbons (Fsp3) is 0.571. The molecular formula is C14H23N5O2. The van der Waals surface area contributed by atoms with Crippen molar-refractivity contribution >= 4 is 11.4 Å². The normalized spacial score (nSPS) is 20.4. The summed E-state index contributed by atoms with van der Waals surface area (Å²) in [5, 5.41) is 10.9. The lowest BCUT2D eigenvalue weighted by atomic mass is 10.1. The van der Waals surface area contributed by atoms with Crippen LogP contribution in [0.3, 0.4) is 0 Å². The molecule has 7 heteroatoms. The summed E-state index contributed by atoms with van der Waals surface area (Å²) in [5.74, 6) is 5.38. The highest BCUT2D eigenvalue weighted by Crippen LogP contribution is 2.25. The number of nitro groups is 1. The quantitative estimate of drug-likeness (QED) is 0.485. The Bertz CT molecular complexity index is 508. The average molecular weight is 293 g/mol. The second-order valence-electron chi connectivity index (χ2n) is 5.53. The molecule has 1 aliphatic heterocycles. The van der Waals surface area contributed by atoms with E-state index < -0.39 is 4.92 Å². The van der Waals surface area contributed by atoms with E-state index in [1.807, 2.05) is 0 Å². The summed E-state index contributed by atoms with van der Waals surface area (Å²) in [6, 6.07) is 5.65. The Morgan fingerprint density at radius 2 is 2.24 bits per heavy atom. The van der Waals surface area contributed by atoms with Crippen LogP contribution in [0, 0.1) is 10.1 Å². The predicted molar refractivity (Wildman–Crippen MR) is 82.9 cm³/mol. The molecule has 1 aliphatic rings. The molecule has 7 nitrogen and oxygen atoms in total. The molecule has 0 spiro atoms. The Morgan fingerprint density at radius 1 is 1.48 bits per heavy atom. The van der Waals surface area contributed by atoms with Crippen molar-refractivity contribution < 1.29 is 4.92 Å². The van der Waals surface area contributed by atoms with Gasteiger partial charge in [-0.25, -0.2) is 0 Å². The Labute approximate surface area is 124 Å². The van der Waals surface area contributed by atoms with Crippen molar-refractivity contribution in [2.75, 3.05) is 32.1 Å². The predicted octanol–water partition coefficient (Wildman–Crippen LogP) is 1.41. The number of nitrogens with zero attached hydrogens (tertiary/aromatic N) is 3. The summed E-state index contributed by atoms with van der Waals surface area (Å²) < 4.78 is 0. The molecule has 1 atom stereocenters. The largest absolute Gasteiger partial charge is 0.318 e. The zero-order chi connectivity index (χ0) is 15.4. The molecule has 0 saturated carbocycles. The smallest absolute Gasteiger partial charge is 0.293 e. The van der Waals surface area contributed by atoms with Gasteiger partial charge >= 0.3 is 0 Å². The lowest BCUT2D eigenvalue weighted by molar-refractivity contribution is -0.384. The molecule has 21 heavy (non-hydrogen) atoms. The minimum Gasteiger partial charge on any atom is -0.318 e. The second-order valence-corrected chi connectivity index (χ2v) is 5.53. The number of benzene rings is 1. The second kappa shape index (κ2) is 6.84. The van der Waals surface area contributed by atoms with Crippen LogP contribution in [0.2, 0.25) is 0 Å². The molecule has 1 aromatic rings. The van der Waals surface area contributed by atoms with E-state index >= 15 is 0 Å². The number of anilines is 1. The van der Waals surface area contributed by atoms with Gasteiger partial charge in [-0.2, -0.15) is 0 Å². The zero-order valence-electron chi connectivity index (χ0n) is 12.6. The number of nitrogens with one attached hydrogen (secondary N) is 1. The van der Waals surface area contributed by atoms with E-state index in [9.17, 15) is 10.1 Å². The minimum atomic E-state index is -0.429. The fourth-order valence-electron chi connectivity index (χ4n) is 2.81. The SMILES string of the molecule is CCC1CN(Cc2ccc([N+](=O)[O-])c(NN)c2)CCN1C. The number of piperazine rings is 1. The molecule has 0 aromatic heterocycles. The average Bonchev–Trinajstić information content (AvgIpc) is 2.48. The molecule has 0 radical (unpaired) electrons. The van der Waals surface area contributed by atoms with Crippen LogP contribution >= 0.6 is 0 Å². The summed E-state index contributed by atoms with van der Waals surface area (Å²) in [4.78, 5) is 15.2. The van der Waals surface area contributed by atoms with Crippen LogP contribution in [0.25, 0.3) is 0 Å². The number of hydrogen-bond acceptors (Lipinski definition) is 6. The van der Waals surface area contributed by atoms with Crippen molar-refractivity contribution in [3.63, 3.8) is 0 Å². The lowest BCUT2D eigenvalue weighted by Crippen LogP contribution is -2.50. The van der Waals surface area contributed by atoms with Crippen LogP contribution in [0.1, 0.15) is 18.9 Å². The van der Waals surface area contributed by atoms with Gasteiger partial charge in [0.25, 0.3) is 5.69 Å². The summed E-state index contributed by atoms with van der Waals surface area (Å²) in [7, 11) is 2.16. The number of nitrogen functional groups attached to an aromatic ring is 1. The Balaban J connectivity index is 2.08. The van der Waals surface area contributed by atoms with E-state index in [2.05, 4.69) is 29.2 Å². The molecule has 3 N–H and O–H groups in total. The van der Waals surface area contributed by atoms with Crippen molar-refractivity contribution in [2.24, 2.45) is 5.84 Å². The first-order valence-corrected chi connectivity index (χ1v) is 7.21. The van der Waals surface area contributed by atoms with E-state index in [0.717, 1.165) is 38.2 Å². The van der Waals surface area contributed by atoms with Gasteiger partial charge in [-0.3, -0.25) is 20.9 Å². The Morgan fingerprint density at radius 3 is 2.86 bits per heavy atom. The van der Waals surface area contributed by atoms with Crippen LogP contribution < -0.4 is 11.3 Å². The third-order valence-corrected chi connectivity index (χ3v) is 4.15. The third-order valence-electron chi connectivity index (χ3n) is 4.15. The van der Waals surface area contributed by atoms with Crippen molar-refractivity contribution in [2.45, 2.75) is 25.9 Å². The Hall–Kier alpha value is -1.70. The summed E-state index contributed by atoms with van der Waals surface area (Å²) >= 11 is 0. The van der Waals surface area contributed by atoms with Gasteiger partial charge in [-0.15, -0.1) is 0 Å². The Kier molecular flexibility index (Phi) is 5.11. The van der Waals surface area contributed by atoms with Gasteiger partial charge in [-0.1, -0.05) is 13.0 Å². The van der Waals surface area contributed by atoms with Crippen LogP contribution in [0.5, 0.6) is 0 Å². The van der Waals surface area contributed by atoms with Crippen LogP contribution in [-0.4, -0.2) is 47.4 Å². The first-order valence-electron chi connectivity index (χ1n) is 7.21. The standard InChI is InChI=1S/C14H23N5O2/c1-3-12-10-18(7-6-17(12)2)9-11-4-5-14(19(20)21)13(8-11)16-15/h4-5,8,12,16H,3,6-7,9-10,15H2,1-2H3. The molecule has 1 unspecified atom stereocenters. The van der Waals surface area contributed by atoms with Crippen LogP contribution in [-0.2, 0) is 6.54 Å². The number of nitro benzene ring substituents is 1. The monoisotopic (exact) mass is 293 g/mol. The van der Waals surface area contributed by atoms with Crippen molar-refractivity contribution in [3.05, 3.63) is 33.9 Å². The maximum Gasteiger partial charge on any atom is 0.293 e. The van der Waals surface area contributed by atoms with Gasteiger partial charge in [0.05, 0.1) is 4.92 Å². The lowest BCUT2D eigenvalue weighted by Gasteiger charge is -2.39. The molecular weight excluding hydrogens is 270 g/mol. The van der Waals surface area contributed by atoms with Gasteiger partial charge in [0.1, 0.15) is 5.69 Å². The zero-order valence-corrected chi connectivity index (χ0v) is 12.6. The van der Waals surface area contributed by atoms with Gasteiger partial charge in [0.15, 0.2) is 0 Å². The molecule has 1 saturated heterocycles. The molecule has 0 aliphatic carbocycles. The van der Waals surface area contributed by atoms with Gasteiger partial charge < -0.3 is 10.3 Å². The summed E-state index contributed by atoms with van der Waals surface area (Å²) in [5.41, 5.74) is 3.81. The van der Waals surface area contributed by atoms with Crippen LogP contribution in [0.4, 0.5) is 11.4 Å². The molecule has 0 amide bonds. The molecule has 1 heterocycles. The van der Waals surface area contributed by atoms with E-state index in [-0.39, 0.29) is 5.69 Å². The van der Waals surface area contributed by atoms with Crippen molar-refractivity contribution in [3.8, 4) is 0 Å². The van der Waals surface area contributed by atoms with Crippen LogP contribution in [0.15, 0.2) is 18.2 Å². The third kappa shape index (κ3) is 3.69. The van der Waals surface area contributed by atoms with Crippen molar-refractivity contribution in [1.29, 1.82) is 0 Å². The number of hydrazine groups is 1. The molecule has 1 aromatic carbocycles.